The Balaban J connectivity index is 0.00000441. The van der Waals surface area contributed by atoms with Crippen LogP contribution >= 0.6 is 24.0 Å². The molecule has 1 heterocycles. The van der Waals surface area contributed by atoms with E-state index in [2.05, 4.69) is 15.6 Å². The largest absolute Gasteiger partial charge is 0.469 e. The molecule has 0 amide bonds. The van der Waals surface area contributed by atoms with Crippen LogP contribution in [0.2, 0.25) is 0 Å². The van der Waals surface area contributed by atoms with Gasteiger partial charge in [-0.2, -0.15) is 0 Å². The number of hydrogen-bond acceptors (Lipinski definition) is 4. The van der Waals surface area contributed by atoms with Crippen LogP contribution in [0.1, 0.15) is 19.6 Å². The number of aliphatic imine (C=N–C) groups is 1. The topological polar surface area (TPSA) is 68.0 Å². The van der Waals surface area contributed by atoms with Crippen LogP contribution in [0, 0.1) is 0 Å². The molecule has 6 nitrogen and oxygen atoms in total. The fraction of sp³-hybridized carbons (Fsp3) is 0.667. The molecule has 0 aliphatic rings. The molecule has 7 heteroatoms. The first-order valence-corrected chi connectivity index (χ1v) is 7.16. The molecule has 0 bridgehead atoms. The Morgan fingerprint density at radius 1 is 1.27 bits per heavy atom. The zero-order valence-corrected chi connectivity index (χ0v) is 16.2. The number of nitrogens with one attached hydrogen (secondary N) is 2. The van der Waals surface area contributed by atoms with Crippen molar-refractivity contribution in [3.63, 3.8) is 0 Å². The summed E-state index contributed by atoms with van der Waals surface area (Å²) in [6.07, 6.45) is 2.49. The smallest absolute Gasteiger partial charge is 0.191 e. The second-order valence-corrected chi connectivity index (χ2v) is 5.30. The fourth-order valence-corrected chi connectivity index (χ4v) is 1.54. The van der Waals surface area contributed by atoms with Gasteiger partial charge < -0.3 is 24.5 Å². The van der Waals surface area contributed by atoms with E-state index in [1.807, 2.05) is 26.0 Å². The monoisotopic (exact) mass is 425 g/mol. The molecule has 0 saturated heterocycles. The van der Waals surface area contributed by atoms with Gasteiger partial charge in [0.15, 0.2) is 5.96 Å². The molecule has 0 saturated carbocycles. The van der Waals surface area contributed by atoms with Crippen LogP contribution in [0.15, 0.2) is 27.8 Å². The molecule has 22 heavy (non-hydrogen) atoms. The number of ether oxygens (including phenoxy) is 2. The summed E-state index contributed by atoms with van der Waals surface area (Å²) < 4.78 is 15.7. The lowest BCUT2D eigenvalue weighted by molar-refractivity contribution is 0.0310. The predicted octanol–water partition coefficient (Wildman–Crippen LogP) is 2.05. The van der Waals surface area contributed by atoms with Gasteiger partial charge in [0.2, 0.25) is 0 Å². The van der Waals surface area contributed by atoms with E-state index in [9.17, 15) is 0 Å². The van der Waals surface area contributed by atoms with Gasteiger partial charge in [-0.05, 0) is 26.0 Å². The maximum absolute atomic E-state index is 5.37. The third-order valence-corrected chi connectivity index (χ3v) is 3.01. The second-order valence-electron chi connectivity index (χ2n) is 5.30. The van der Waals surface area contributed by atoms with E-state index in [0.29, 0.717) is 19.7 Å². The van der Waals surface area contributed by atoms with E-state index in [4.69, 9.17) is 13.9 Å². The zero-order chi connectivity index (χ0) is 15.6. The van der Waals surface area contributed by atoms with Crippen molar-refractivity contribution in [2.45, 2.75) is 25.9 Å². The van der Waals surface area contributed by atoms with Crippen molar-refractivity contribution >= 4 is 29.9 Å². The quantitative estimate of drug-likeness (QED) is 0.274. The molecule has 0 unspecified atom stereocenters. The molecule has 0 radical (unpaired) electrons. The fourth-order valence-electron chi connectivity index (χ4n) is 1.54. The summed E-state index contributed by atoms with van der Waals surface area (Å²) in [4.78, 5) is 4.54. The molecule has 1 aromatic heterocycles. The Morgan fingerprint density at radius 2 is 2.00 bits per heavy atom. The number of methoxy groups -OCH3 is 2. The van der Waals surface area contributed by atoms with Gasteiger partial charge in [0, 0.05) is 33.7 Å². The van der Waals surface area contributed by atoms with Crippen LogP contribution in [0.5, 0.6) is 0 Å². The van der Waals surface area contributed by atoms with Crippen molar-refractivity contribution in [1.29, 1.82) is 0 Å². The third-order valence-electron chi connectivity index (χ3n) is 3.01. The highest BCUT2D eigenvalue weighted by Gasteiger charge is 2.15. The Hall–Kier alpha value is -0.800. The summed E-state index contributed by atoms with van der Waals surface area (Å²) in [7, 11) is 3.37. The highest BCUT2D eigenvalue weighted by atomic mass is 127. The van der Waals surface area contributed by atoms with Crippen LogP contribution in [-0.2, 0) is 15.9 Å². The number of furan rings is 1. The molecular weight excluding hydrogens is 397 g/mol. The summed E-state index contributed by atoms with van der Waals surface area (Å²) in [6.45, 7) is 6.67. The lowest BCUT2D eigenvalue weighted by atomic mass is 10.1. The van der Waals surface area contributed by atoms with Crippen LogP contribution < -0.4 is 10.6 Å². The van der Waals surface area contributed by atoms with Gasteiger partial charge in [-0.1, -0.05) is 0 Å². The standard InChI is InChI=1S/C15H27N3O3.HI/c1-15(2,20-4)12-18-14(17-9-11-19-3)16-8-7-13-6-5-10-21-13;/h5-6,10H,7-9,11-12H2,1-4H3,(H2,16,17,18);1H. The molecule has 0 fully saturated rings. The normalized spacial score (nSPS) is 11.9. The first kappa shape index (κ1) is 21.2. The molecule has 0 aliphatic heterocycles. The molecule has 0 aromatic carbocycles. The summed E-state index contributed by atoms with van der Waals surface area (Å²) >= 11 is 0. The summed E-state index contributed by atoms with van der Waals surface area (Å²) in [6, 6.07) is 3.85. The van der Waals surface area contributed by atoms with Gasteiger partial charge in [0.1, 0.15) is 5.76 Å². The van der Waals surface area contributed by atoms with Crippen molar-refractivity contribution in [1.82, 2.24) is 10.6 Å². The minimum absolute atomic E-state index is 0. The highest BCUT2D eigenvalue weighted by molar-refractivity contribution is 14.0. The maximum atomic E-state index is 5.37. The highest BCUT2D eigenvalue weighted by Crippen LogP contribution is 2.07. The van der Waals surface area contributed by atoms with Crippen LogP contribution in [-0.4, -0.2) is 52.0 Å². The van der Waals surface area contributed by atoms with Gasteiger partial charge in [0.25, 0.3) is 0 Å². The van der Waals surface area contributed by atoms with Crippen LogP contribution in [0.25, 0.3) is 0 Å². The van der Waals surface area contributed by atoms with Crippen LogP contribution in [0.4, 0.5) is 0 Å². The number of halogens is 1. The average molecular weight is 425 g/mol. The maximum Gasteiger partial charge on any atom is 0.191 e. The third kappa shape index (κ3) is 9.26. The van der Waals surface area contributed by atoms with Gasteiger partial charge in [-0.3, -0.25) is 4.99 Å². The molecule has 0 spiro atoms. The minimum atomic E-state index is -0.281. The Kier molecular flexibility index (Phi) is 11.3. The van der Waals surface area contributed by atoms with Crippen molar-refractivity contribution in [3.8, 4) is 0 Å². The Morgan fingerprint density at radius 3 is 2.59 bits per heavy atom. The van der Waals surface area contributed by atoms with E-state index >= 15 is 0 Å². The van der Waals surface area contributed by atoms with E-state index in [0.717, 1.165) is 24.7 Å². The van der Waals surface area contributed by atoms with Gasteiger partial charge in [0.05, 0.1) is 25.0 Å². The van der Waals surface area contributed by atoms with Crippen LogP contribution in [0.3, 0.4) is 0 Å². The molecule has 1 aromatic rings. The van der Waals surface area contributed by atoms with Crippen molar-refractivity contribution in [2.75, 3.05) is 40.5 Å². The second kappa shape index (κ2) is 11.7. The minimum Gasteiger partial charge on any atom is -0.469 e. The van der Waals surface area contributed by atoms with Gasteiger partial charge >= 0.3 is 0 Å². The van der Waals surface area contributed by atoms with Gasteiger partial charge in [-0.25, -0.2) is 0 Å². The first-order valence-electron chi connectivity index (χ1n) is 7.16. The van der Waals surface area contributed by atoms with Gasteiger partial charge in [-0.15, -0.1) is 24.0 Å². The van der Waals surface area contributed by atoms with E-state index in [-0.39, 0.29) is 29.6 Å². The molecule has 2 N–H and O–H groups in total. The molecule has 128 valence electrons. The van der Waals surface area contributed by atoms with Crippen molar-refractivity contribution in [3.05, 3.63) is 24.2 Å². The van der Waals surface area contributed by atoms with E-state index in [1.54, 1.807) is 20.5 Å². The van der Waals surface area contributed by atoms with Crippen molar-refractivity contribution in [2.24, 2.45) is 4.99 Å². The zero-order valence-electron chi connectivity index (χ0n) is 13.8. The predicted molar refractivity (Wildman–Crippen MR) is 99.1 cm³/mol. The number of nitrogens with zero attached hydrogens (tertiary/aromatic N) is 1. The number of rotatable bonds is 9. The number of hydrogen-bond donors (Lipinski definition) is 2. The molecule has 0 aliphatic carbocycles. The van der Waals surface area contributed by atoms with E-state index < -0.39 is 0 Å². The van der Waals surface area contributed by atoms with E-state index in [1.165, 1.54) is 0 Å². The molecular formula is C15H28IN3O3. The lowest BCUT2D eigenvalue weighted by Gasteiger charge is -2.21. The Labute approximate surface area is 150 Å². The number of guanidine groups is 1. The summed E-state index contributed by atoms with van der Waals surface area (Å²) in [5.41, 5.74) is -0.281. The average Bonchev–Trinajstić information content (AvgIpc) is 2.98. The molecule has 0 atom stereocenters. The molecule has 1 rings (SSSR count). The summed E-state index contributed by atoms with van der Waals surface area (Å²) in [5, 5.41) is 6.51. The first-order chi connectivity index (χ1) is 10.1. The summed E-state index contributed by atoms with van der Waals surface area (Å²) in [5.74, 6) is 1.71. The van der Waals surface area contributed by atoms with Crippen molar-refractivity contribution < 1.29 is 13.9 Å². The lowest BCUT2D eigenvalue weighted by Crippen LogP contribution is -2.41. The Bertz CT molecular complexity index is 408. The SMILES string of the molecule is COCCNC(=NCC(C)(C)OC)NCCc1ccco1.I.